The SMILES string of the molecule is Cc1ccc(CCOC(=O)N(C)CCc2ccccn2)cc1. The van der Waals surface area contributed by atoms with Gasteiger partial charge in [0.05, 0.1) is 6.61 Å². The molecule has 2 rings (SSSR count). The van der Waals surface area contributed by atoms with E-state index in [9.17, 15) is 4.79 Å². The van der Waals surface area contributed by atoms with E-state index in [1.807, 2.05) is 18.2 Å². The van der Waals surface area contributed by atoms with Crippen molar-refractivity contribution in [2.75, 3.05) is 20.2 Å². The van der Waals surface area contributed by atoms with Crippen molar-refractivity contribution in [1.82, 2.24) is 9.88 Å². The van der Waals surface area contributed by atoms with Crippen molar-refractivity contribution in [3.05, 3.63) is 65.5 Å². The maximum absolute atomic E-state index is 11.9. The van der Waals surface area contributed by atoms with Crippen molar-refractivity contribution in [3.63, 3.8) is 0 Å². The second-order valence-electron chi connectivity index (χ2n) is 5.34. The molecule has 1 aromatic carbocycles. The minimum atomic E-state index is -0.289. The van der Waals surface area contributed by atoms with Crippen molar-refractivity contribution in [2.45, 2.75) is 19.8 Å². The fourth-order valence-electron chi connectivity index (χ4n) is 2.04. The van der Waals surface area contributed by atoms with Crippen LogP contribution in [0.1, 0.15) is 16.8 Å². The second kappa shape index (κ2) is 8.17. The van der Waals surface area contributed by atoms with Gasteiger partial charge in [0.25, 0.3) is 0 Å². The smallest absolute Gasteiger partial charge is 0.409 e. The van der Waals surface area contributed by atoms with Gasteiger partial charge in [-0.1, -0.05) is 35.9 Å². The summed E-state index contributed by atoms with van der Waals surface area (Å²) in [7, 11) is 1.75. The Morgan fingerprint density at radius 1 is 1.14 bits per heavy atom. The van der Waals surface area contributed by atoms with Crippen LogP contribution in [0.5, 0.6) is 0 Å². The number of benzene rings is 1. The zero-order chi connectivity index (χ0) is 15.8. The molecule has 4 nitrogen and oxygen atoms in total. The molecule has 0 spiro atoms. The van der Waals surface area contributed by atoms with Gasteiger partial charge in [-0.2, -0.15) is 0 Å². The van der Waals surface area contributed by atoms with E-state index in [1.54, 1.807) is 18.1 Å². The van der Waals surface area contributed by atoms with Gasteiger partial charge in [0.1, 0.15) is 0 Å². The highest BCUT2D eigenvalue weighted by Crippen LogP contribution is 2.05. The normalized spacial score (nSPS) is 10.3. The average Bonchev–Trinajstić information content (AvgIpc) is 2.55. The van der Waals surface area contributed by atoms with Crippen molar-refractivity contribution in [3.8, 4) is 0 Å². The molecule has 0 atom stereocenters. The molecule has 0 aliphatic carbocycles. The first kappa shape index (κ1) is 16.0. The first-order valence-corrected chi connectivity index (χ1v) is 7.48. The van der Waals surface area contributed by atoms with Crippen LogP contribution in [-0.4, -0.2) is 36.2 Å². The minimum absolute atomic E-state index is 0.289. The molecular formula is C18H22N2O2. The topological polar surface area (TPSA) is 42.4 Å². The minimum Gasteiger partial charge on any atom is -0.449 e. The molecule has 1 amide bonds. The molecule has 4 heteroatoms. The van der Waals surface area contributed by atoms with Gasteiger partial charge < -0.3 is 9.64 Å². The van der Waals surface area contributed by atoms with Gasteiger partial charge in [-0.25, -0.2) is 4.79 Å². The van der Waals surface area contributed by atoms with Gasteiger partial charge in [-0.3, -0.25) is 4.98 Å². The average molecular weight is 298 g/mol. The standard InChI is InChI=1S/C18H22N2O2/c1-15-6-8-16(9-7-15)11-14-22-18(21)20(2)13-10-17-5-3-4-12-19-17/h3-9,12H,10-11,13-14H2,1-2H3. The van der Waals surface area contributed by atoms with E-state index in [1.165, 1.54) is 11.1 Å². The highest BCUT2D eigenvalue weighted by atomic mass is 16.6. The summed E-state index contributed by atoms with van der Waals surface area (Å²) in [5.41, 5.74) is 3.38. The molecule has 22 heavy (non-hydrogen) atoms. The Kier molecular flexibility index (Phi) is 5.95. The quantitative estimate of drug-likeness (QED) is 0.822. The predicted octanol–water partition coefficient (Wildman–Crippen LogP) is 3.24. The van der Waals surface area contributed by atoms with Crippen molar-refractivity contribution in [2.24, 2.45) is 0 Å². The molecule has 0 saturated heterocycles. The van der Waals surface area contributed by atoms with Crippen LogP contribution in [0.3, 0.4) is 0 Å². The zero-order valence-electron chi connectivity index (χ0n) is 13.2. The van der Waals surface area contributed by atoms with Gasteiger partial charge >= 0.3 is 6.09 Å². The summed E-state index contributed by atoms with van der Waals surface area (Å²) in [6.45, 7) is 3.05. The predicted molar refractivity (Wildman–Crippen MR) is 86.8 cm³/mol. The van der Waals surface area contributed by atoms with Gasteiger partial charge in [0.2, 0.25) is 0 Å². The number of aromatic nitrogens is 1. The summed E-state index contributed by atoms with van der Waals surface area (Å²) in [5, 5.41) is 0. The number of amides is 1. The molecule has 0 N–H and O–H groups in total. The lowest BCUT2D eigenvalue weighted by atomic mass is 10.1. The molecule has 2 aromatic rings. The van der Waals surface area contributed by atoms with E-state index in [-0.39, 0.29) is 6.09 Å². The Balaban J connectivity index is 1.69. The van der Waals surface area contributed by atoms with E-state index >= 15 is 0 Å². The summed E-state index contributed by atoms with van der Waals surface area (Å²) in [4.78, 5) is 17.7. The molecular weight excluding hydrogens is 276 g/mol. The highest BCUT2D eigenvalue weighted by Gasteiger charge is 2.10. The lowest BCUT2D eigenvalue weighted by molar-refractivity contribution is 0.112. The molecule has 1 aromatic heterocycles. The number of rotatable bonds is 6. The third kappa shape index (κ3) is 5.20. The monoisotopic (exact) mass is 298 g/mol. The van der Waals surface area contributed by atoms with E-state index in [4.69, 9.17) is 4.74 Å². The molecule has 0 saturated carbocycles. The van der Waals surface area contributed by atoms with Gasteiger partial charge in [0.15, 0.2) is 0 Å². The number of hydrogen-bond donors (Lipinski definition) is 0. The van der Waals surface area contributed by atoms with E-state index in [2.05, 4.69) is 36.2 Å². The van der Waals surface area contributed by atoms with Crippen LogP contribution in [0.15, 0.2) is 48.7 Å². The van der Waals surface area contributed by atoms with E-state index in [0.717, 1.165) is 18.5 Å². The van der Waals surface area contributed by atoms with Crippen LogP contribution in [0.25, 0.3) is 0 Å². The summed E-state index contributed by atoms with van der Waals surface area (Å²) in [5.74, 6) is 0. The van der Waals surface area contributed by atoms with Crippen LogP contribution in [0.2, 0.25) is 0 Å². The number of hydrogen-bond acceptors (Lipinski definition) is 3. The van der Waals surface area contributed by atoms with Crippen LogP contribution < -0.4 is 0 Å². The third-order valence-electron chi connectivity index (χ3n) is 3.48. The summed E-state index contributed by atoms with van der Waals surface area (Å²) in [6.07, 6.45) is 2.93. The summed E-state index contributed by atoms with van der Waals surface area (Å²) < 4.78 is 5.29. The lowest BCUT2D eigenvalue weighted by Crippen LogP contribution is -2.30. The van der Waals surface area contributed by atoms with Crippen molar-refractivity contribution < 1.29 is 9.53 Å². The maximum atomic E-state index is 11.9. The Morgan fingerprint density at radius 2 is 1.91 bits per heavy atom. The van der Waals surface area contributed by atoms with Crippen LogP contribution in [-0.2, 0) is 17.6 Å². The first-order chi connectivity index (χ1) is 10.6. The zero-order valence-corrected chi connectivity index (χ0v) is 13.2. The van der Waals surface area contributed by atoms with Crippen LogP contribution >= 0.6 is 0 Å². The molecule has 0 aliphatic rings. The number of nitrogens with zero attached hydrogens (tertiary/aromatic N) is 2. The molecule has 0 radical (unpaired) electrons. The van der Waals surface area contributed by atoms with E-state index in [0.29, 0.717) is 13.2 Å². The number of likely N-dealkylation sites (N-methyl/N-ethyl adjacent to an activating group) is 1. The number of carbonyl (C=O) groups excluding carboxylic acids is 1. The first-order valence-electron chi connectivity index (χ1n) is 7.48. The van der Waals surface area contributed by atoms with Gasteiger partial charge in [-0.15, -0.1) is 0 Å². The molecule has 1 heterocycles. The number of pyridine rings is 1. The van der Waals surface area contributed by atoms with Crippen molar-refractivity contribution >= 4 is 6.09 Å². The number of aryl methyl sites for hydroxylation is 1. The summed E-state index contributed by atoms with van der Waals surface area (Å²) >= 11 is 0. The van der Waals surface area contributed by atoms with Crippen molar-refractivity contribution in [1.29, 1.82) is 0 Å². The Hall–Kier alpha value is -2.36. The Labute approximate surface area is 131 Å². The number of ether oxygens (including phenoxy) is 1. The molecule has 0 aliphatic heterocycles. The highest BCUT2D eigenvalue weighted by molar-refractivity contribution is 5.67. The Bertz CT molecular complexity index is 582. The lowest BCUT2D eigenvalue weighted by Gasteiger charge is -2.16. The number of carbonyl (C=O) groups is 1. The summed E-state index contributed by atoms with van der Waals surface area (Å²) in [6, 6.07) is 14.0. The molecule has 0 bridgehead atoms. The largest absolute Gasteiger partial charge is 0.449 e. The molecule has 0 unspecified atom stereocenters. The Morgan fingerprint density at radius 3 is 2.59 bits per heavy atom. The van der Waals surface area contributed by atoms with E-state index < -0.39 is 0 Å². The fourth-order valence-corrected chi connectivity index (χ4v) is 2.04. The molecule has 116 valence electrons. The van der Waals surface area contributed by atoms with Crippen LogP contribution in [0.4, 0.5) is 4.79 Å². The van der Waals surface area contributed by atoms with Crippen LogP contribution in [0, 0.1) is 6.92 Å². The van der Waals surface area contributed by atoms with Gasteiger partial charge in [0, 0.05) is 38.3 Å². The van der Waals surface area contributed by atoms with Gasteiger partial charge in [-0.05, 0) is 24.6 Å². The third-order valence-corrected chi connectivity index (χ3v) is 3.48. The second-order valence-corrected chi connectivity index (χ2v) is 5.34. The fraction of sp³-hybridized carbons (Fsp3) is 0.333. The molecule has 0 fully saturated rings. The maximum Gasteiger partial charge on any atom is 0.409 e.